The Morgan fingerprint density at radius 1 is 1.40 bits per heavy atom. The molecular formula is C12H14N2O. The minimum absolute atomic E-state index is 0.160. The van der Waals surface area contributed by atoms with E-state index in [0.29, 0.717) is 0 Å². The highest BCUT2D eigenvalue weighted by Gasteiger charge is 2.48. The van der Waals surface area contributed by atoms with Crippen LogP contribution in [0, 0.1) is 6.92 Å². The summed E-state index contributed by atoms with van der Waals surface area (Å²) in [6, 6.07) is 6.23. The van der Waals surface area contributed by atoms with Gasteiger partial charge in [-0.15, -0.1) is 0 Å². The van der Waals surface area contributed by atoms with Crippen molar-refractivity contribution in [3.8, 4) is 0 Å². The van der Waals surface area contributed by atoms with Crippen LogP contribution in [0.3, 0.4) is 0 Å². The molecule has 2 N–H and O–H groups in total. The Kier molecular flexibility index (Phi) is 1.68. The van der Waals surface area contributed by atoms with Gasteiger partial charge in [0.2, 0.25) is 5.91 Å². The van der Waals surface area contributed by atoms with Gasteiger partial charge in [0.1, 0.15) is 0 Å². The maximum Gasteiger partial charge on any atom is 0.236 e. The van der Waals surface area contributed by atoms with Crippen LogP contribution in [0.25, 0.3) is 0 Å². The van der Waals surface area contributed by atoms with Crippen LogP contribution in [0.1, 0.15) is 17.5 Å². The summed E-state index contributed by atoms with van der Waals surface area (Å²) in [6.45, 7) is 3.75. The van der Waals surface area contributed by atoms with E-state index >= 15 is 0 Å². The van der Waals surface area contributed by atoms with Gasteiger partial charge < -0.3 is 10.6 Å². The molecule has 1 spiro atoms. The van der Waals surface area contributed by atoms with Gasteiger partial charge in [0, 0.05) is 12.2 Å². The third kappa shape index (κ3) is 1.07. The normalized spacial score (nSPS) is 28.2. The molecule has 0 bridgehead atoms. The van der Waals surface area contributed by atoms with E-state index in [9.17, 15) is 4.79 Å². The van der Waals surface area contributed by atoms with Gasteiger partial charge in [-0.1, -0.05) is 12.1 Å². The molecule has 2 aliphatic rings. The Bertz CT molecular complexity index is 433. The Balaban J connectivity index is 2.17. The van der Waals surface area contributed by atoms with E-state index in [1.165, 1.54) is 11.1 Å². The maximum absolute atomic E-state index is 12.0. The number of rotatable bonds is 0. The predicted molar refractivity (Wildman–Crippen MR) is 59.0 cm³/mol. The molecule has 0 aliphatic carbocycles. The SMILES string of the molecule is Cc1ccc2c(c1)NC(=O)[C@@]21CCNC1. The van der Waals surface area contributed by atoms with E-state index in [1.807, 2.05) is 6.92 Å². The number of hydrogen-bond acceptors (Lipinski definition) is 2. The zero-order valence-electron chi connectivity index (χ0n) is 8.76. The van der Waals surface area contributed by atoms with Gasteiger partial charge >= 0.3 is 0 Å². The quantitative estimate of drug-likeness (QED) is 0.663. The summed E-state index contributed by atoms with van der Waals surface area (Å²) in [5.74, 6) is 0.160. The molecule has 78 valence electrons. The molecule has 0 unspecified atom stereocenters. The van der Waals surface area contributed by atoms with E-state index in [-0.39, 0.29) is 11.3 Å². The highest BCUT2D eigenvalue weighted by atomic mass is 16.2. The number of anilines is 1. The summed E-state index contributed by atoms with van der Waals surface area (Å²) in [7, 11) is 0. The first-order valence-electron chi connectivity index (χ1n) is 5.36. The number of carbonyl (C=O) groups excluding carboxylic acids is 1. The zero-order valence-corrected chi connectivity index (χ0v) is 8.76. The van der Waals surface area contributed by atoms with Crippen LogP contribution in [0.5, 0.6) is 0 Å². The summed E-state index contributed by atoms with van der Waals surface area (Å²) in [5, 5.41) is 6.27. The van der Waals surface area contributed by atoms with Gasteiger partial charge in [0.15, 0.2) is 0 Å². The van der Waals surface area contributed by atoms with E-state index in [0.717, 1.165) is 25.2 Å². The Morgan fingerprint density at radius 3 is 3.00 bits per heavy atom. The van der Waals surface area contributed by atoms with Crippen molar-refractivity contribution in [1.82, 2.24) is 5.32 Å². The molecule has 15 heavy (non-hydrogen) atoms. The summed E-state index contributed by atoms with van der Waals surface area (Å²) < 4.78 is 0. The lowest BCUT2D eigenvalue weighted by molar-refractivity contribution is -0.120. The average molecular weight is 202 g/mol. The average Bonchev–Trinajstić information content (AvgIpc) is 2.76. The second-order valence-electron chi connectivity index (χ2n) is 4.51. The molecule has 1 atom stereocenters. The zero-order chi connectivity index (χ0) is 10.5. The standard InChI is InChI=1S/C12H14N2O/c1-8-2-3-9-10(6-8)14-11(15)12(9)4-5-13-7-12/h2-3,6,13H,4-5,7H2,1H3,(H,14,15)/t12-/m1/s1. The van der Waals surface area contributed by atoms with Crippen molar-refractivity contribution >= 4 is 11.6 Å². The van der Waals surface area contributed by atoms with Crippen LogP contribution < -0.4 is 10.6 Å². The van der Waals surface area contributed by atoms with Crippen LogP contribution >= 0.6 is 0 Å². The first kappa shape index (κ1) is 8.92. The minimum atomic E-state index is -0.289. The number of carbonyl (C=O) groups is 1. The topological polar surface area (TPSA) is 41.1 Å². The molecular weight excluding hydrogens is 188 g/mol. The molecule has 2 heterocycles. The molecule has 0 saturated carbocycles. The number of fused-ring (bicyclic) bond motifs is 2. The molecule has 0 aromatic heterocycles. The van der Waals surface area contributed by atoms with Gasteiger partial charge in [-0.25, -0.2) is 0 Å². The second kappa shape index (κ2) is 2.83. The largest absolute Gasteiger partial charge is 0.325 e. The van der Waals surface area contributed by atoms with Gasteiger partial charge in [0.05, 0.1) is 5.41 Å². The van der Waals surface area contributed by atoms with Crippen LogP contribution in [0.2, 0.25) is 0 Å². The summed E-state index contributed by atoms with van der Waals surface area (Å²) in [4.78, 5) is 12.0. The van der Waals surface area contributed by atoms with Crippen molar-refractivity contribution in [2.45, 2.75) is 18.8 Å². The van der Waals surface area contributed by atoms with Crippen molar-refractivity contribution in [3.63, 3.8) is 0 Å². The third-order valence-corrected chi connectivity index (χ3v) is 3.53. The molecule has 2 aliphatic heterocycles. The lowest BCUT2D eigenvalue weighted by Crippen LogP contribution is -2.36. The van der Waals surface area contributed by atoms with E-state index in [2.05, 4.69) is 28.8 Å². The van der Waals surface area contributed by atoms with Crippen molar-refractivity contribution in [3.05, 3.63) is 29.3 Å². The Hall–Kier alpha value is -1.35. The molecule has 1 aromatic rings. The summed E-state index contributed by atoms with van der Waals surface area (Å²) in [5.41, 5.74) is 3.08. The van der Waals surface area contributed by atoms with Crippen molar-refractivity contribution in [2.75, 3.05) is 18.4 Å². The number of amides is 1. The number of aryl methyl sites for hydroxylation is 1. The van der Waals surface area contributed by atoms with E-state index < -0.39 is 0 Å². The maximum atomic E-state index is 12.0. The predicted octanol–water partition coefficient (Wildman–Crippen LogP) is 1.18. The highest BCUT2D eigenvalue weighted by Crippen LogP contribution is 2.41. The van der Waals surface area contributed by atoms with Crippen LogP contribution in [-0.4, -0.2) is 19.0 Å². The Labute approximate surface area is 88.9 Å². The van der Waals surface area contributed by atoms with Gasteiger partial charge in [0.25, 0.3) is 0 Å². The van der Waals surface area contributed by atoms with Crippen molar-refractivity contribution in [2.24, 2.45) is 0 Å². The molecule has 3 nitrogen and oxygen atoms in total. The number of benzene rings is 1. The van der Waals surface area contributed by atoms with E-state index in [4.69, 9.17) is 0 Å². The first-order chi connectivity index (χ1) is 7.22. The highest BCUT2D eigenvalue weighted by molar-refractivity contribution is 6.06. The number of nitrogens with one attached hydrogen (secondary N) is 2. The molecule has 1 amide bonds. The van der Waals surface area contributed by atoms with Gasteiger partial charge in [-0.2, -0.15) is 0 Å². The fraction of sp³-hybridized carbons (Fsp3) is 0.417. The minimum Gasteiger partial charge on any atom is -0.325 e. The van der Waals surface area contributed by atoms with Crippen LogP contribution in [-0.2, 0) is 10.2 Å². The molecule has 1 fully saturated rings. The van der Waals surface area contributed by atoms with Crippen molar-refractivity contribution in [1.29, 1.82) is 0 Å². The monoisotopic (exact) mass is 202 g/mol. The van der Waals surface area contributed by atoms with Crippen LogP contribution in [0.15, 0.2) is 18.2 Å². The van der Waals surface area contributed by atoms with Crippen molar-refractivity contribution < 1.29 is 4.79 Å². The number of hydrogen-bond donors (Lipinski definition) is 2. The molecule has 0 radical (unpaired) electrons. The van der Waals surface area contributed by atoms with Gasteiger partial charge in [-0.05, 0) is 37.1 Å². The summed E-state index contributed by atoms with van der Waals surface area (Å²) in [6.07, 6.45) is 0.912. The fourth-order valence-corrected chi connectivity index (χ4v) is 2.66. The fourth-order valence-electron chi connectivity index (χ4n) is 2.66. The van der Waals surface area contributed by atoms with E-state index in [1.54, 1.807) is 0 Å². The van der Waals surface area contributed by atoms with Gasteiger partial charge in [-0.3, -0.25) is 4.79 Å². The lowest BCUT2D eigenvalue weighted by Gasteiger charge is -2.19. The Morgan fingerprint density at radius 2 is 2.27 bits per heavy atom. The summed E-state index contributed by atoms with van der Waals surface area (Å²) >= 11 is 0. The smallest absolute Gasteiger partial charge is 0.236 e. The molecule has 3 heteroatoms. The molecule has 1 saturated heterocycles. The second-order valence-corrected chi connectivity index (χ2v) is 4.51. The third-order valence-electron chi connectivity index (χ3n) is 3.53. The molecule has 1 aromatic carbocycles. The first-order valence-corrected chi connectivity index (χ1v) is 5.36. The lowest BCUT2D eigenvalue weighted by atomic mass is 9.81. The molecule has 3 rings (SSSR count). The van der Waals surface area contributed by atoms with Crippen LogP contribution in [0.4, 0.5) is 5.69 Å².